The Morgan fingerprint density at radius 1 is 1.27 bits per heavy atom. The lowest BCUT2D eigenvalue weighted by Gasteiger charge is -2.35. The molecule has 0 spiro atoms. The monoisotopic (exact) mass is 494 g/mol. The molecule has 1 aromatic heterocycles. The Hall–Kier alpha value is -2.00. The van der Waals surface area contributed by atoms with Crippen LogP contribution in [0.3, 0.4) is 0 Å². The zero-order valence-electron chi connectivity index (χ0n) is 20.1. The van der Waals surface area contributed by atoms with Gasteiger partial charge in [0.05, 0.1) is 34.3 Å². The van der Waals surface area contributed by atoms with E-state index in [1.165, 1.54) is 4.90 Å². The van der Waals surface area contributed by atoms with E-state index in [1.807, 2.05) is 64.4 Å². The number of halogens is 1. The lowest BCUT2D eigenvalue weighted by Crippen LogP contribution is -2.55. The molecule has 1 saturated heterocycles. The number of aromatic nitrogens is 1. The zero-order valence-corrected chi connectivity index (χ0v) is 21.7. The lowest BCUT2D eigenvalue weighted by molar-refractivity contribution is -0.146. The van der Waals surface area contributed by atoms with Gasteiger partial charge in [0.15, 0.2) is 0 Å². The van der Waals surface area contributed by atoms with Gasteiger partial charge in [-0.05, 0) is 30.4 Å². The summed E-state index contributed by atoms with van der Waals surface area (Å²) in [6.45, 7) is 9.76. The summed E-state index contributed by atoms with van der Waals surface area (Å²) in [5.41, 5.74) is 10.7. The Bertz CT molecular complexity index is 973. The van der Waals surface area contributed by atoms with Gasteiger partial charge in [0.1, 0.15) is 6.04 Å². The van der Waals surface area contributed by atoms with Crippen molar-refractivity contribution in [3.05, 3.63) is 41.0 Å². The van der Waals surface area contributed by atoms with Crippen LogP contribution >= 0.6 is 23.7 Å². The Morgan fingerprint density at radius 3 is 2.39 bits per heavy atom. The molecule has 0 saturated carbocycles. The summed E-state index contributed by atoms with van der Waals surface area (Å²) in [6, 6.07) is 6.48. The molecule has 33 heavy (non-hydrogen) atoms. The number of β-amino-alcohol motifs (C(OH)–C–C–N with tert-alkyl or cyclic N) is 1. The number of thiazole rings is 1. The third-order valence-corrected chi connectivity index (χ3v) is 7.35. The van der Waals surface area contributed by atoms with Crippen LogP contribution < -0.4 is 5.73 Å². The average Bonchev–Trinajstić information content (AvgIpc) is 3.36. The number of rotatable bonds is 5. The number of aliphatic hydroxyl groups is 1. The number of likely N-dealkylation sites (tertiary alicyclic amines) is 1. The molecular weight excluding hydrogens is 460 g/mol. The van der Waals surface area contributed by atoms with Crippen molar-refractivity contribution in [3.63, 3.8) is 0 Å². The number of nitrogens with zero attached hydrogens (tertiary/aromatic N) is 3. The topological polar surface area (TPSA) is 99.8 Å². The fraction of sp³-hybridized carbons (Fsp3) is 0.542. The van der Waals surface area contributed by atoms with E-state index in [0.29, 0.717) is 0 Å². The molecule has 1 unspecified atom stereocenters. The molecule has 3 N–H and O–H groups in total. The summed E-state index contributed by atoms with van der Waals surface area (Å²) in [6.07, 6.45) is -0.507. The van der Waals surface area contributed by atoms with Crippen LogP contribution in [0.2, 0.25) is 0 Å². The molecule has 7 nitrogen and oxygen atoms in total. The van der Waals surface area contributed by atoms with Gasteiger partial charge in [-0.1, -0.05) is 45.0 Å². The summed E-state index contributed by atoms with van der Waals surface area (Å²) in [5.74, 6) is -0.483. The second kappa shape index (κ2) is 10.5. The Labute approximate surface area is 206 Å². The largest absolute Gasteiger partial charge is 0.391 e. The van der Waals surface area contributed by atoms with Gasteiger partial charge in [-0.3, -0.25) is 9.59 Å². The van der Waals surface area contributed by atoms with E-state index in [1.54, 1.807) is 23.3 Å². The van der Waals surface area contributed by atoms with Crippen molar-refractivity contribution in [2.75, 3.05) is 13.6 Å². The smallest absolute Gasteiger partial charge is 0.245 e. The van der Waals surface area contributed by atoms with E-state index in [4.69, 9.17) is 5.73 Å². The lowest BCUT2D eigenvalue weighted by atomic mass is 9.86. The van der Waals surface area contributed by atoms with Gasteiger partial charge in [0, 0.05) is 20.0 Å². The number of nitrogens with two attached hydrogens (primary N) is 1. The van der Waals surface area contributed by atoms with Gasteiger partial charge >= 0.3 is 0 Å². The van der Waals surface area contributed by atoms with E-state index in [0.717, 1.165) is 21.7 Å². The minimum atomic E-state index is -0.742. The van der Waals surface area contributed by atoms with Crippen LogP contribution in [0.15, 0.2) is 29.8 Å². The van der Waals surface area contributed by atoms with Gasteiger partial charge < -0.3 is 20.6 Å². The van der Waals surface area contributed by atoms with Crippen molar-refractivity contribution in [2.45, 2.75) is 65.3 Å². The van der Waals surface area contributed by atoms with E-state index < -0.39 is 23.6 Å². The highest BCUT2D eigenvalue weighted by atomic mass is 35.5. The predicted molar refractivity (Wildman–Crippen MR) is 134 cm³/mol. The third kappa shape index (κ3) is 5.74. The molecule has 182 valence electrons. The second-order valence-corrected chi connectivity index (χ2v) is 10.6. The second-order valence-electron chi connectivity index (χ2n) is 9.75. The minimum Gasteiger partial charge on any atom is -0.391 e. The van der Waals surface area contributed by atoms with Crippen molar-refractivity contribution >= 4 is 35.6 Å². The van der Waals surface area contributed by atoms with Crippen molar-refractivity contribution in [3.8, 4) is 10.4 Å². The minimum absolute atomic E-state index is 0. The maximum Gasteiger partial charge on any atom is 0.245 e. The maximum absolute atomic E-state index is 13.4. The van der Waals surface area contributed by atoms with Gasteiger partial charge in [-0.15, -0.1) is 23.7 Å². The number of likely N-dealkylation sites (N-methyl/N-ethyl adjacent to an activating group) is 1. The number of carbonyl (C=O) groups is 2. The quantitative estimate of drug-likeness (QED) is 0.663. The highest BCUT2D eigenvalue weighted by Gasteiger charge is 2.44. The molecule has 0 bridgehead atoms. The van der Waals surface area contributed by atoms with Crippen LogP contribution in [0.4, 0.5) is 0 Å². The van der Waals surface area contributed by atoms with Crippen LogP contribution in [0.25, 0.3) is 10.4 Å². The van der Waals surface area contributed by atoms with E-state index >= 15 is 0 Å². The van der Waals surface area contributed by atoms with Crippen molar-refractivity contribution < 1.29 is 14.7 Å². The molecule has 4 atom stereocenters. The molecule has 0 aliphatic carbocycles. The van der Waals surface area contributed by atoms with Crippen LogP contribution in [-0.2, 0) is 9.59 Å². The molecule has 2 aromatic rings. The summed E-state index contributed by atoms with van der Waals surface area (Å²) in [4.78, 5) is 34.9. The SMILES string of the molecule is Cc1ncsc1-c1ccc([C@H](C)N(C)C(=O)[C@@H]2C[C@@H](O)CN2C(=O)C(N)C(C)(C)C)cc1.Cl. The molecule has 2 heterocycles. The maximum atomic E-state index is 13.4. The first-order valence-electron chi connectivity index (χ1n) is 10.9. The van der Waals surface area contributed by atoms with Crippen LogP contribution in [0.1, 0.15) is 51.4 Å². The highest BCUT2D eigenvalue weighted by molar-refractivity contribution is 7.13. The number of amides is 2. The normalized spacial score (nSPS) is 20.2. The van der Waals surface area contributed by atoms with Crippen molar-refractivity contribution in [1.82, 2.24) is 14.8 Å². The Balaban J connectivity index is 0.00000385. The first-order valence-corrected chi connectivity index (χ1v) is 11.8. The van der Waals surface area contributed by atoms with Crippen molar-refractivity contribution in [1.29, 1.82) is 0 Å². The fourth-order valence-electron chi connectivity index (χ4n) is 3.98. The van der Waals surface area contributed by atoms with E-state index in [-0.39, 0.29) is 43.2 Å². The first kappa shape index (κ1) is 27.2. The molecule has 9 heteroatoms. The molecule has 1 aromatic carbocycles. The van der Waals surface area contributed by atoms with E-state index in [2.05, 4.69) is 4.98 Å². The summed E-state index contributed by atoms with van der Waals surface area (Å²) in [7, 11) is 1.74. The van der Waals surface area contributed by atoms with Crippen LogP contribution in [0.5, 0.6) is 0 Å². The van der Waals surface area contributed by atoms with Gasteiger partial charge in [0.25, 0.3) is 0 Å². The fourth-order valence-corrected chi connectivity index (χ4v) is 4.79. The predicted octanol–water partition coefficient (Wildman–Crippen LogP) is 3.39. The van der Waals surface area contributed by atoms with Gasteiger partial charge in [-0.2, -0.15) is 0 Å². The number of hydrogen-bond acceptors (Lipinski definition) is 6. The molecule has 2 amide bonds. The highest BCUT2D eigenvalue weighted by Crippen LogP contribution is 2.31. The van der Waals surface area contributed by atoms with Crippen molar-refractivity contribution in [2.24, 2.45) is 11.1 Å². The van der Waals surface area contributed by atoms with E-state index in [9.17, 15) is 14.7 Å². The van der Waals surface area contributed by atoms with Crippen LogP contribution in [0, 0.1) is 12.3 Å². The molecule has 1 fully saturated rings. The van der Waals surface area contributed by atoms with Crippen LogP contribution in [-0.4, -0.2) is 63.5 Å². The number of aryl methyl sites for hydroxylation is 1. The number of benzene rings is 1. The summed E-state index contributed by atoms with van der Waals surface area (Å²) >= 11 is 1.60. The Kier molecular flexibility index (Phi) is 8.68. The third-order valence-electron chi connectivity index (χ3n) is 6.38. The molecule has 1 aliphatic rings. The molecule has 1 aliphatic heterocycles. The summed E-state index contributed by atoms with van der Waals surface area (Å²) in [5, 5.41) is 10.2. The number of carbonyl (C=O) groups excluding carboxylic acids is 2. The standard InChI is InChI=1S/C24H34N4O3S.ClH/c1-14-20(32-13-26-14)17-9-7-16(8-10-17)15(2)27(6)22(30)19-11-18(29)12-28(19)23(31)21(25)24(3,4)5;/h7-10,13,15,18-19,21,29H,11-12,25H2,1-6H3;1H/t15-,18+,19-,21?;/m0./s1. The molecular formula is C24H35ClN4O3S. The molecule has 0 radical (unpaired) electrons. The van der Waals surface area contributed by atoms with Gasteiger partial charge in [0.2, 0.25) is 11.8 Å². The molecule has 3 rings (SSSR count). The first-order chi connectivity index (χ1) is 14.9. The summed E-state index contributed by atoms with van der Waals surface area (Å²) < 4.78 is 0. The Morgan fingerprint density at radius 2 is 1.88 bits per heavy atom. The zero-order chi connectivity index (χ0) is 23.8. The average molecular weight is 495 g/mol. The number of aliphatic hydroxyl groups excluding tert-OH is 1. The van der Waals surface area contributed by atoms with Gasteiger partial charge in [-0.25, -0.2) is 4.98 Å². The number of hydrogen-bond donors (Lipinski definition) is 2.